The maximum absolute atomic E-state index is 14.2. The smallest absolute Gasteiger partial charge is 0.218 e. The van der Waals surface area contributed by atoms with Gasteiger partial charge in [-0.25, -0.2) is 4.39 Å². The Labute approximate surface area is 93.0 Å². The molecule has 3 nitrogen and oxygen atoms in total. The van der Waals surface area contributed by atoms with Gasteiger partial charge < -0.3 is 14.9 Å². The van der Waals surface area contributed by atoms with Gasteiger partial charge in [0.1, 0.15) is 20.1 Å². The molecule has 6 heteroatoms. The van der Waals surface area contributed by atoms with Crippen LogP contribution in [0.1, 0.15) is 12.8 Å². The summed E-state index contributed by atoms with van der Waals surface area (Å²) >= 11 is 5.15. The number of alkyl halides is 1. The number of rotatable bonds is 1. The fraction of sp³-hybridized carbons (Fsp3) is 0.778. The van der Waals surface area contributed by atoms with E-state index in [1.807, 2.05) is 5.38 Å². The molecule has 1 aliphatic heterocycles. The highest BCUT2D eigenvalue weighted by molar-refractivity contribution is 6.30. The van der Waals surface area contributed by atoms with Crippen LogP contribution in [-0.2, 0) is 4.74 Å². The van der Waals surface area contributed by atoms with E-state index in [-0.39, 0.29) is 0 Å². The predicted octanol–water partition coefficient (Wildman–Crippen LogP) is -0.862. The second kappa shape index (κ2) is 3.36. The number of hydrogen-bond acceptors (Lipinski definition) is 3. The van der Waals surface area contributed by atoms with Crippen molar-refractivity contribution in [3.63, 3.8) is 0 Å². The summed E-state index contributed by atoms with van der Waals surface area (Å²) in [5.41, 5.74) is -3.28. The normalized spacial score (nSPS) is 47.1. The first-order valence-corrected chi connectivity index (χ1v) is 5.19. The summed E-state index contributed by atoms with van der Waals surface area (Å²) in [6, 6.07) is -0.895. The second-order valence-corrected chi connectivity index (χ2v) is 4.42. The Morgan fingerprint density at radius 2 is 2.13 bits per heavy atom. The summed E-state index contributed by atoms with van der Waals surface area (Å²) in [7, 11) is 1.47. The molecule has 1 unspecified atom stereocenters. The van der Waals surface area contributed by atoms with Crippen LogP contribution < -0.4 is 0 Å². The zero-order chi connectivity index (χ0) is 11.3. The van der Waals surface area contributed by atoms with Gasteiger partial charge in [-0.05, 0) is 30.4 Å². The monoisotopic (exact) mass is 232 g/mol. The summed E-state index contributed by atoms with van der Waals surface area (Å²) in [4.78, 5) is 0. The molecule has 2 N–H and O–H groups in total. The Balaban J connectivity index is 2.25. The minimum atomic E-state index is -2.19. The topological polar surface area (TPSA) is 49.7 Å². The van der Waals surface area contributed by atoms with Crippen molar-refractivity contribution in [1.82, 2.24) is 0 Å². The molecule has 0 radical (unpaired) electrons. The lowest BCUT2D eigenvalue weighted by Gasteiger charge is -2.22. The quantitative estimate of drug-likeness (QED) is 0.457. The molecule has 2 rings (SSSR count). The highest BCUT2D eigenvalue weighted by Crippen LogP contribution is 2.47. The molecule has 82 valence electrons. The molecule has 0 bridgehead atoms. The molecule has 1 saturated carbocycles. The third-order valence-corrected chi connectivity index (χ3v) is 3.28. The minimum absolute atomic E-state index is 0.520. The van der Waals surface area contributed by atoms with Crippen LogP contribution >= 0.6 is 11.6 Å². The van der Waals surface area contributed by atoms with E-state index in [1.54, 1.807) is 0 Å². The molecular formula is C9H11BClFO3. The molecule has 0 amide bonds. The Bertz CT molecular complexity index is 338. The number of halogens is 2. The third kappa shape index (κ3) is 1.56. The van der Waals surface area contributed by atoms with Crippen molar-refractivity contribution >= 4 is 19.4 Å². The lowest BCUT2D eigenvalue weighted by atomic mass is 9.82. The van der Waals surface area contributed by atoms with Gasteiger partial charge in [0.15, 0.2) is 0 Å². The van der Waals surface area contributed by atoms with Crippen molar-refractivity contribution in [1.29, 1.82) is 0 Å². The summed E-state index contributed by atoms with van der Waals surface area (Å²) < 4.78 is 19.4. The molecule has 15 heavy (non-hydrogen) atoms. The van der Waals surface area contributed by atoms with Gasteiger partial charge in [-0.15, -0.1) is 0 Å². The van der Waals surface area contributed by atoms with Crippen molar-refractivity contribution in [2.45, 2.75) is 42.3 Å². The maximum Gasteiger partial charge on any atom is 0.218 e. The first-order valence-electron chi connectivity index (χ1n) is 4.81. The van der Waals surface area contributed by atoms with Crippen molar-refractivity contribution in [2.75, 3.05) is 0 Å². The van der Waals surface area contributed by atoms with Gasteiger partial charge in [0.2, 0.25) is 5.67 Å². The van der Waals surface area contributed by atoms with Crippen molar-refractivity contribution < 1.29 is 19.3 Å². The molecular weight excluding hydrogens is 221 g/mol. The van der Waals surface area contributed by atoms with Crippen LogP contribution in [0, 0.1) is 11.3 Å². The second-order valence-electron chi connectivity index (χ2n) is 4.23. The van der Waals surface area contributed by atoms with Crippen LogP contribution in [0.2, 0.25) is 0 Å². The Kier molecular flexibility index (Phi) is 2.51. The molecule has 2 fully saturated rings. The fourth-order valence-electron chi connectivity index (χ4n) is 1.94. The number of hydrogen-bond donors (Lipinski definition) is 2. The van der Waals surface area contributed by atoms with Crippen LogP contribution in [0.3, 0.4) is 0 Å². The first kappa shape index (κ1) is 11.2. The Morgan fingerprint density at radius 3 is 2.60 bits per heavy atom. The Morgan fingerprint density at radius 1 is 1.53 bits per heavy atom. The van der Waals surface area contributed by atoms with E-state index < -0.39 is 29.5 Å². The van der Waals surface area contributed by atoms with E-state index >= 15 is 0 Å². The van der Waals surface area contributed by atoms with Gasteiger partial charge in [0, 0.05) is 5.38 Å². The minimum Gasteiger partial charge on any atom is -0.387 e. The van der Waals surface area contributed by atoms with Crippen LogP contribution in [0.15, 0.2) is 0 Å². The van der Waals surface area contributed by atoms with E-state index in [2.05, 4.69) is 5.92 Å². The van der Waals surface area contributed by atoms with E-state index in [1.165, 1.54) is 7.85 Å². The van der Waals surface area contributed by atoms with Gasteiger partial charge >= 0.3 is 0 Å². The van der Waals surface area contributed by atoms with Gasteiger partial charge in [-0.1, -0.05) is 0 Å². The SMILES string of the molecule is B[C@@H]1O[C@H](C2(O)CC2)C(O)[C@]1(F)C#CCl. The predicted molar refractivity (Wildman–Crippen MR) is 54.9 cm³/mol. The summed E-state index contributed by atoms with van der Waals surface area (Å²) in [6.07, 6.45) is -1.32. The largest absolute Gasteiger partial charge is 0.387 e. The zero-order valence-corrected chi connectivity index (χ0v) is 8.96. The standard InChI is InChI=1S/C9H11BClFO3/c10-7-9(12,3-4-11)5(13)6(15-7)8(14)1-2-8/h5-7,13-14H,1-2,10H2/t5?,6-,7+,9+/m0/s1. The fourth-order valence-corrected chi connectivity index (χ4v) is 2.08. The molecule has 4 atom stereocenters. The summed E-state index contributed by atoms with van der Waals surface area (Å²) in [5.74, 6) is 2.11. The number of aliphatic hydroxyl groups is 2. The molecule has 1 heterocycles. The highest BCUT2D eigenvalue weighted by atomic mass is 35.5. The third-order valence-electron chi connectivity index (χ3n) is 3.19. The van der Waals surface area contributed by atoms with Crippen molar-refractivity contribution in [2.24, 2.45) is 0 Å². The van der Waals surface area contributed by atoms with Crippen LogP contribution in [-0.4, -0.2) is 47.5 Å². The summed E-state index contributed by atoms with van der Waals surface area (Å²) in [5, 5.41) is 21.5. The maximum atomic E-state index is 14.2. The summed E-state index contributed by atoms with van der Waals surface area (Å²) in [6.45, 7) is 0. The lowest BCUT2D eigenvalue weighted by Crippen LogP contribution is -2.46. The molecule has 0 aromatic rings. The number of ether oxygens (including phenoxy) is 1. The lowest BCUT2D eigenvalue weighted by molar-refractivity contribution is -0.0683. The average Bonchev–Trinajstić information content (AvgIpc) is 2.87. The number of aliphatic hydroxyl groups excluding tert-OH is 1. The molecule has 0 aromatic carbocycles. The van der Waals surface area contributed by atoms with Crippen LogP contribution in [0.5, 0.6) is 0 Å². The average molecular weight is 232 g/mol. The van der Waals surface area contributed by atoms with Gasteiger partial charge in [0.25, 0.3) is 0 Å². The van der Waals surface area contributed by atoms with E-state index in [4.69, 9.17) is 16.3 Å². The highest BCUT2D eigenvalue weighted by Gasteiger charge is 2.63. The molecule has 1 saturated heterocycles. The first-order chi connectivity index (χ1) is 6.94. The van der Waals surface area contributed by atoms with Gasteiger partial charge in [0.05, 0.1) is 11.6 Å². The van der Waals surface area contributed by atoms with Crippen molar-refractivity contribution in [3.8, 4) is 11.3 Å². The van der Waals surface area contributed by atoms with E-state index in [9.17, 15) is 14.6 Å². The van der Waals surface area contributed by atoms with E-state index in [0.29, 0.717) is 12.8 Å². The molecule has 1 aliphatic carbocycles. The molecule has 0 aromatic heterocycles. The zero-order valence-electron chi connectivity index (χ0n) is 8.20. The Hall–Kier alpha value is -0.275. The van der Waals surface area contributed by atoms with Crippen LogP contribution in [0.25, 0.3) is 0 Å². The molecule has 0 spiro atoms. The van der Waals surface area contributed by atoms with Crippen LogP contribution in [0.4, 0.5) is 4.39 Å². The van der Waals surface area contributed by atoms with E-state index in [0.717, 1.165) is 0 Å². The van der Waals surface area contributed by atoms with Crippen molar-refractivity contribution in [3.05, 3.63) is 0 Å². The van der Waals surface area contributed by atoms with Gasteiger partial charge in [-0.2, -0.15) is 0 Å². The van der Waals surface area contributed by atoms with Gasteiger partial charge in [-0.3, -0.25) is 0 Å². The molecule has 2 aliphatic rings.